The lowest BCUT2D eigenvalue weighted by molar-refractivity contribution is -0.167. The number of hydrogen-bond donors (Lipinski definition) is 0. The summed E-state index contributed by atoms with van der Waals surface area (Å²) < 4.78 is 16.8. The summed E-state index contributed by atoms with van der Waals surface area (Å²) in [5.41, 5.74) is 0. The van der Waals surface area contributed by atoms with E-state index in [1.807, 2.05) is 0 Å². The lowest BCUT2D eigenvalue weighted by atomic mass is 10.0. The van der Waals surface area contributed by atoms with Crippen molar-refractivity contribution in [3.05, 3.63) is 60.8 Å². The Morgan fingerprint density at radius 1 is 0.344 bits per heavy atom. The fraction of sp³-hybridized carbons (Fsp3) is 0.776. The van der Waals surface area contributed by atoms with Crippen LogP contribution in [0.4, 0.5) is 0 Å². The third-order valence-corrected chi connectivity index (χ3v) is 11.8. The van der Waals surface area contributed by atoms with Gasteiger partial charge in [-0.15, -0.1) is 0 Å². The Labute approximate surface area is 396 Å². The molecule has 64 heavy (non-hydrogen) atoms. The first-order valence-corrected chi connectivity index (χ1v) is 27.3. The Balaban J connectivity index is 4.43. The molecule has 0 amide bonds. The van der Waals surface area contributed by atoms with Gasteiger partial charge in [-0.2, -0.15) is 0 Å². The second-order valence-corrected chi connectivity index (χ2v) is 18.1. The molecule has 0 fully saturated rings. The van der Waals surface area contributed by atoms with Crippen molar-refractivity contribution in [2.75, 3.05) is 13.2 Å². The molecule has 0 aliphatic heterocycles. The first kappa shape index (κ1) is 61.1. The van der Waals surface area contributed by atoms with Crippen molar-refractivity contribution >= 4 is 17.9 Å². The summed E-state index contributed by atoms with van der Waals surface area (Å²) in [6.45, 7) is 6.50. The van der Waals surface area contributed by atoms with E-state index in [0.29, 0.717) is 19.3 Å². The smallest absolute Gasteiger partial charge is 0.306 e. The van der Waals surface area contributed by atoms with Crippen molar-refractivity contribution in [3.8, 4) is 0 Å². The van der Waals surface area contributed by atoms with Gasteiger partial charge < -0.3 is 14.2 Å². The highest BCUT2D eigenvalue weighted by Crippen LogP contribution is 2.16. The van der Waals surface area contributed by atoms with Crippen molar-refractivity contribution in [2.45, 2.75) is 277 Å². The van der Waals surface area contributed by atoms with Gasteiger partial charge in [0, 0.05) is 19.3 Å². The predicted octanol–water partition coefficient (Wildman–Crippen LogP) is 18.0. The summed E-state index contributed by atoms with van der Waals surface area (Å²) in [6, 6.07) is 0. The molecule has 0 rings (SSSR count). The first-order valence-electron chi connectivity index (χ1n) is 27.3. The highest BCUT2D eigenvalue weighted by atomic mass is 16.6. The molecule has 0 spiro atoms. The van der Waals surface area contributed by atoms with E-state index in [1.54, 1.807) is 0 Å². The van der Waals surface area contributed by atoms with Crippen molar-refractivity contribution in [1.29, 1.82) is 0 Å². The largest absolute Gasteiger partial charge is 0.462 e. The third-order valence-electron chi connectivity index (χ3n) is 11.8. The minimum Gasteiger partial charge on any atom is -0.462 e. The average molecular weight is 895 g/mol. The molecule has 0 aromatic heterocycles. The molecule has 0 aliphatic carbocycles. The molecule has 0 bridgehead atoms. The zero-order valence-corrected chi connectivity index (χ0v) is 42.3. The fourth-order valence-corrected chi connectivity index (χ4v) is 7.68. The zero-order chi connectivity index (χ0) is 46.5. The highest BCUT2D eigenvalue weighted by Gasteiger charge is 2.19. The van der Waals surface area contributed by atoms with E-state index in [0.717, 1.165) is 103 Å². The summed E-state index contributed by atoms with van der Waals surface area (Å²) in [6.07, 6.45) is 64.9. The van der Waals surface area contributed by atoms with Gasteiger partial charge >= 0.3 is 17.9 Å². The second kappa shape index (κ2) is 52.7. The number of esters is 3. The molecule has 0 aromatic rings. The van der Waals surface area contributed by atoms with Crippen LogP contribution in [-0.4, -0.2) is 37.2 Å². The monoisotopic (exact) mass is 895 g/mol. The van der Waals surface area contributed by atoms with Crippen LogP contribution in [0.1, 0.15) is 271 Å². The average Bonchev–Trinajstić information content (AvgIpc) is 3.29. The number of unbranched alkanes of at least 4 members (excludes halogenated alkanes) is 29. The van der Waals surface area contributed by atoms with Crippen LogP contribution in [0.2, 0.25) is 0 Å². The van der Waals surface area contributed by atoms with E-state index >= 15 is 0 Å². The molecule has 1 atom stereocenters. The number of rotatable bonds is 49. The number of carbonyl (C=O) groups is 3. The van der Waals surface area contributed by atoms with E-state index < -0.39 is 6.10 Å². The lowest BCUT2D eigenvalue weighted by Gasteiger charge is -2.18. The molecule has 0 aromatic carbocycles. The van der Waals surface area contributed by atoms with E-state index in [-0.39, 0.29) is 31.1 Å². The van der Waals surface area contributed by atoms with Gasteiger partial charge in [-0.3, -0.25) is 14.4 Å². The van der Waals surface area contributed by atoms with Gasteiger partial charge in [0.05, 0.1) is 0 Å². The standard InChI is InChI=1S/C58H102O6/c1-4-7-10-13-16-19-22-25-28-30-33-36-39-42-45-48-51-57(60)63-54-55(53-62-56(59)50-47-44-41-38-35-32-27-24-21-18-15-12-9-6-3)64-58(61)52-49-46-43-40-37-34-31-29-26-23-20-17-14-11-8-5-2/h9,12,18,21,27-28,30,32-33,36,55H,4-8,10-11,13-17,19-20,22-26,29,31,34-35,37-54H2,1-3H3/b12-9-,21-18-,30-28-,32-27-,36-33-. The molecule has 0 saturated heterocycles. The van der Waals surface area contributed by atoms with Gasteiger partial charge in [0.1, 0.15) is 13.2 Å². The maximum atomic E-state index is 12.8. The third kappa shape index (κ3) is 50.1. The molecular formula is C58H102O6. The molecule has 370 valence electrons. The highest BCUT2D eigenvalue weighted by molar-refractivity contribution is 5.71. The van der Waals surface area contributed by atoms with Gasteiger partial charge in [-0.05, 0) is 77.0 Å². The molecule has 0 N–H and O–H groups in total. The van der Waals surface area contributed by atoms with Crippen LogP contribution in [0.3, 0.4) is 0 Å². The molecule has 6 heteroatoms. The SMILES string of the molecule is CC/C=C\C/C=C\C/C=C\CCCCCCC(=O)OCC(COC(=O)CCCCC/C=C\C=C/CCCCCCCCC)OC(=O)CCCCCCCCCCCCCCCCCC. The van der Waals surface area contributed by atoms with Crippen LogP contribution < -0.4 is 0 Å². The van der Waals surface area contributed by atoms with Crippen molar-refractivity contribution in [1.82, 2.24) is 0 Å². The number of hydrogen-bond acceptors (Lipinski definition) is 6. The van der Waals surface area contributed by atoms with E-state index in [4.69, 9.17) is 14.2 Å². The van der Waals surface area contributed by atoms with Crippen LogP contribution in [-0.2, 0) is 28.6 Å². The first-order chi connectivity index (χ1) is 31.5. The van der Waals surface area contributed by atoms with Gasteiger partial charge in [0.15, 0.2) is 6.10 Å². The fourth-order valence-electron chi connectivity index (χ4n) is 7.68. The molecule has 0 heterocycles. The molecule has 0 radical (unpaired) electrons. The Bertz CT molecular complexity index is 1170. The van der Waals surface area contributed by atoms with Gasteiger partial charge in [0.2, 0.25) is 0 Å². The summed E-state index contributed by atoms with van der Waals surface area (Å²) in [7, 11) is 0. The van der Waals surface area contributed by atoms with Crippen molar-refractivity contribution < 1.29 is 28.6 Å². The predicted molar refractivity (Wildman–Crippen MR) is 275 cm³/mol. The van der Waals surface area contributed by atoms with Gasteiger partial charge in [-0.25, -0.2) is 0 Å². The maximum Gasteiger partial charge on any atom is 0.306 e. The van der Waals surface area contributed by atoms with Crippen LogP contribution in [0.5, 0.6) is 0 Å². The van der Waals surface area contributed by atoms with Gasteiger partial charge in [-0.1, -0.05) is 236 Å². The van der Waals surface area contributed by atoms with Gasteiger partial charge in [0.25, 0.3) is 0 Å². The molecule has 6 nitrogen and oxygen atoms in total. The van der Waals surface area contributed by atoms with Crippen LogP contribution in [0.15, 0.2) is 60.8 Å². The maximum absolute atomic E-state index is 12.8. The Hall–Kier alpha value is -2.89. The Morgan fingerprint density at radius 3 is 1.06 bits per heavy atom. The summed E-state index contributed by atoms with van der Waals surface area (Å²) in [5, 5.41) is 0. The quantitative estimate of drug-likeness (QED) is 0.0199. The minimum atomic E-state index is -0.792. The molecular weight excluding hydrogens is 793 g/mol. The molecule has 1 unspecified atom stereocenters. The molecule has 0 aliphatic rings. The zero-order valence-electron chi connectivity index (χ0n) is 42.3. The second-order valence-electron chi connectivity index (χ2n) is 18.1. The van der Waals surface area contributed by atoms with Crippen molar-refractivity contribution in [3.63, 3.8) is 0 Å². The minimum absolute atomic E-state index is 0.0925. The normalized spacial score (nSPS) is 12.5. The lowest BCUT2D eigenvalue weighted by Crippen LogP contribution is -2.30. The van der Waals surface area contributed by atoms with E-state index in [1.165, 1.54) is 128 Å². The summed E-state index contributed by atoms with van der Waals surface area (Å²) >= 11 is 0. The summed E-state index contributed by atoms with van der Waals surface area (Å²) in [5.74, 6) is -0.930. The number of ether oxygens (including phenoxy) is 3. The Morgan fingerprint density at radius 2 is 0.656 bits per heavy atom. The number of carbonyl (C=O) groups excluding carboxylic acids is 3. The topological polar surface area (TPSA) is 78.9 Å². The van der Waals surface area contributed by atoms with Crippen LogP contribution >= 0.6 is 0 Å². The van der Waals surface area contributed by atoms with E-state index in [2.05, 4.69) is 81.5 Å². The Kier molecular flexibility index (Phi) is 50.4. The number of allylic oxidation sites excluding steroid dienone is 10. The molecule has 0 saturated carbocycles. The van der Waals surface area contributed by atoms with Crippen LogP contribution in [0, 0.1) is 0 Å². The van der Waals surface area contributed by atoms with Crippen LogP contribution in [0.25, 0.3) is 0 Å². The van der Waals surface area contributed by atoms with Crippen molar-refractivity contribution in [2.24, 2.45) is 0 Å². The van der Waals surface area contributed by atoms with E-state index in [9.17, 15) is 14.4 Å². The summed E-state index contributed by atoms with van der Waals surface area (Å²) in [4.78, 5) is 38.0.